The van der Waals surface area contributed by atoms with Gasteiger partial charge in [-0.15, -0.1) is 0 Å². The fourth-order valence-corrected chi connectivity index (χ4v) is 3.15. The SMILES string of the molecule is CC(=O)n1cc([C@@H]2C(=O)Oc3ccccc3C2=O)c2ccccc21. The third-order valence-corrected chi connectivity index (χ3v) is 4.25. The van der Waals surface area contributed by atoms with Gasteiger partial charge in [0.15, 0.2) is 5.78 Å². The van der Waals surface area contributed by atoms with Crippen molar-refractivity contribution in [2.45, 2.75) is 12.8 Å². The predicted octanol–water partition coefficient (Wildman–Crippen LogP) is 3.19. The number of Topliss-reactive ketones (excluding diaryl/α,β-unsaturated/α-hetero) is 1. The lowest BCUT2D eigenvalue weighted by Gasteiger charge is -2.21. The first-order valence-electron chi connectivity index (χ1n) is 7.54. The van der Waals surface area contributed by atoms with Crippen LogP contribution in [0.25, 0.3) is 10.9 Å². The molecule has 0 N–H and O–H groups in total. The Morgan fingerprint density at radius 1 is 1.04 bits per heavy atom. The summed E-state index contributed by atoms with van der Waals surface area (Å²) in [5, 5.41) is 0.697. The standard InChI is InChI=1S/C19H13NO4/c1-11(21)20-10-14(12-6-2-4-8-15(12)20)17-18(22)13-7-3-5-9-16(13)24-19(17)23/h2-10,17H,1H3/t17-/m0/s1. The van der Waals surface area contributed by atoms with E-state index in [-0.39, 0.29) is 17.4 Å². The van der Waals surface area contributed by atoms with Gasteiger partial charge >= 0.3 is 5.97 Å². The fourth-order valence-electron chi connectivity index (χ4n) is 3.15. The molecule has 1 aromatic heterocycles. The molecule has 0 bridgehead atoms. The molecule has 5 heteroatoms. The first kappa shape index (κ1) is 14.4. The Balaban J connectivity index is 1.94. The lowest BCUT2D eigenvalue weighted by atomic mass is 9.88. The normalized spacial score (nSPS) is 16.8. The van der Waals surface area contributed by atoms with Crippen LogP contribution in [0, 0.1) is 0 Å². The second-order valence-corrected chi connectivity index (χ2v) is 5.71. The third kappa shape index (κ3) is 1.98. The number of carbonyl (C=O) groups excluding carboxylic acids is 3. The van der Waals surface area contributed by atoms with E-state index in [2.05, 4.69) is 0 Å². The first-order valence-corrected chi connectivity index (χ1v) is 7.54. The van der Waals surface area contributed by atoms with E-state index >= 15 is 0 Å². The Morgan fingerprint density at radius 3 is 2.54 bits per heavy atom. The summed E-state index contributed by atoms with van der Waals surface area (Å²) in [6, 6.07) is 13.9. The number of nitrogens with zero attached hydrogens (tertiary/aromatic N) is 1. The summed E-state index contributed by atoms with van der Waals surface area (Å²) in [5.74, 6) is -1.91. The predicted molar refractivity (Wildman–Crippen MR) is 87.4 cm³/mol. The first-order chi connectivity index (χ1) is 11.6. The second-order valence-electron chi connectivity index (χ2n) is 5.71. The number of carbonyl (C=O) groups is 3. The highest BCUT2D eigenvalue weighted by molar-refractivity contribution is 6.19. The zero-order chi connectivity index (χ0) is 16.8. The van der Waals surface area contributed by atoms with E-state index in [0.29, 0.717) is 22.0 Å². The number of para-hydroxylation sites is 2. The molecule has 2 aromatic carbocycles. The summed E-state index contributed by atoms with van der Waals surface area (Å²) in [7, 11) is 0. The fraction of sp³-hybridized carbons (Fsp3) is 0.105. The minimum absolute atomic E-state index is 0.186. The number of fused-ring (bicyclic) bond motifs is 2. The Morgan fingerprint density at radius 2 is 1.75 bits per heavy atom. The van der Waals surface area contributed by atoms with E-state index in [1.54, 1.807) is 42.6 Å². The van der Waals surface area contributed by atoms with E-state index in [1.807, 2.05) is 12.1 Å². The highest BCUT2D eigenvalue weighted by atomic mass is 16.5. The van der Waals surface area contributed by atoms with Crippen LogP contribution in [0.2, 0.25) is 0 Å². The van der Waals surface area contributed by atoms with Gasteiger partial charge in [0.25, 0.3) is 0 Å². The van der Waals surface area contributed by atoms with Crippen molar-refractivity contribution in [1.82, 2.24) is 4.57 Å². The van der Waals surface area contributed by atoms with Crippen molar-refractivity contribution in [2.24, 2.45) is 0 Å². The molecule has 0 radical (unpaired) electrons. The summed E-state index contributed by atoms with van der Waals surface area (Å²) in [6.07, 6.45) is 1.56. The molecule has 5 nitrogen and oxygen atoms in total. The Bertz CT molecular complexity index is 1020. The molecule has 1 aliphatic rings. The van der Waals surface area contributed by atoms with Crippen molar-refractivity contribution in [3.8, 4) is 5.75 Å². The van der Waals surface area contributed by atoms with Crippen molar-refractivity contribution in [3.05, 3.63) is 65.9 Å². The number of esters is 1. The van der Waals surface area contributed by atoms with Crippen LogP contribution in [0.4, 0.5) is 0 Å². The molecule has 24 heavy (non-hydrogen) atoms. The van der Waals surface area contributed by atoms with E-state index in [1.165, 1.54) is 11.5 Å². The molecule has 1 atom stereocenters. The molecule has 0 amide bonds. The lowest BCUT2D eigenvalue weighted by molar-refractivity contribution is -0.135. The zero-order valence-electron chi connectivity index (χ0n) is 12.9. The monoisotopic (exact) mass is 319 g/mol. The minimum atomic E-state index is -1.06. The Hall–Kier alpha value is -3.21. The van der Waals surface area contributed by atoms with Gasteiger partial charge in [-0.3, -0.25) is 19.0 Å². The highest BCUT2D eigenvalue weighted by Crippen LogP contribution is 2.36. The second kappa shape index (κ2) is 5.16. The van der Waals surface area contributed by atoms with Crippen LogP contribution >= 0.6 is 0 Å². The van der Waals surface area contributed by atoms with E-state index in [9.17, 15) is 14.4 Å². The van der Waals surface area contributed by atoms with Gasteiger partial charge in [-0.05, 0) is 18.2 Å². The summed E-state index contributed by atoms with van der Waals surface area (Å²) in [4.78, 5) is 37.2. The summed E-state index contributed by atoms with van der Waals surface area (Å²) < 4.78 is 6.78. The lowest BCUT2D eigenvalue weighted by Crippen LogP contribution is -2.31. The van der Waals surface area contributed by atoms with Gasteiger partial charge in [0.05, 0.1) is 11.1 Å². The summed E-state index contributed by atoms with van der Waals surface area (Å²) in [5.41, 5.74) is 1.53. The number of rotatable bonds is 1. The van der Waals surface area contributed by atoms with E-state index in [4.69, 9.17) is 4.74 Å². The van der Waals surface area contributed by atoms with Crippen molar-refractivity contribution in [2.75, 3.05) is 0 Å². The van der Waals surface area contributed by atoms with Crippen LogP contribution < -0.4 is 4.74 Å². The molecule has 1 aliphatic heterocycles. The molecule has 0 unspecified atom stereocenters. The largest absolute Gasteiger partial charge is 0.425 e. The van der Waals surface area contributed by atoms with Crippen LogP contribution in [0.15, 0.2) is 54.7 Å². The molecule has 118 valence electrons. The summed E-state index contributed by atoms with van der Waals surface area (Å²) in [6.45, 7) is 1.44. The number of hydrogen-bond donors (Lipinski definition) is 0. The van der Waals surface area contributed by atoms with Gasteiger partial charge in [0.2, 0.25) is 5.91 Å². The maximum Gasteiger partial charge on any atom is 0.326 e. The third-order valence-electron chi connectivity index (χ3n) is 4.25. The molecular weight excluding hydrogens is 306 g/mol. The molecule has 0 aliphatic carbocycles. The Kier molecular flexibility index (Phi) is 3.09. The van der Waals surface area contributed by atoms with Gasteiger partial charge in [-0.1, -0.05) is 30.3 Å². The van der Waals surface area contributed by atoms with Crippen LogP contribution in [-0.2, 0) is 4.79 Å². The highest BCUT2D eigenvalue weighted by Gasteiger charge is 2.39. The molecule has 2 heterocycles. The van der Waals surface area contributed by atoms with Gasteiger partial charge < -0.3 is 4.74 Å². The zero-order valence-corrected chi connectivity index (χ0v) is 12.9. The topological polar surface area (TPSA) is 65.4 Å². The molecular formula is C19H13NO4. The molecule has 0 spiro atoms. The minimum Gasteiger partial charge on any atom is -0.425 e. The van der Waals surface area contributed by atoms with Gasteiger partial charge in [-0.25, -0.2) is 0 Å². The van der Waals surface area contributed by atoms with Crippen molar-refractivity contribution in [1.29, 1.82) is 0 Å². The molecule has 4 rings (SSSR count). The van der Waals surface area contributed by atoms with Crippen LogP contribution in [0.5, 0.6) is 5.75 Å². The maximum atomic E-state index is 12.9. The van der Waals surface area contributed by atoms with Gasteiger partial charge in [0, 0.05) is 24.1 Å². The van der Waals surface area contributed by atoms with Crippen molar-refractivity contribution < 1.29 is 19.1 Å². The molecule has 0 fully saturated rings. The van der Waals surface area contributed by atoms with Gasteiger partial charge in [-0.2, -0.15) is 0 Å². The van der Waals surface area contributed by atoms with Crippen molar-refractivity contribution >= 4 is 28.6 Å². The summed E-state index contributed by atoms with van der Waals surface area (Å²) >= 11 is 0. The van der Waals surface area contributed by atoms with E-state index in [0.717, 1.165) is 0 Å². The van der Waals surface area contributed by atoms with E-state index < -0.39 is 11.9 Å². The number of ether oxygens (including phenoxy) is 1. The quantitative estimate of drug-likeness (QED) is 0.392. The number of aromatic nitrogens is 1. The van der Waals surface area contributed by atoms with Crippen LogP contribution in [-0.4, -0.2) is 22.2 Å². The number of hydrogen-bond acceptors (Lipinski definition) is 4. The molecule has 3 aromatic rings. The molecule has 0 saturated carbocycles. The number of ketones is 1. The maximum absolute atomic E-state index is 12.9. The van der Waals surface area contributed by atoms with Crippen LogP contribution in [0.1, 0.15) is 33.6 Å². The van der Waals surface area contributed by atoms with Crippen molar-refractivity contribution in [3.63, 3.8) is 0 Å². The Labute approximate surface area is 137 Å². The molecule has 0 saturated heterocycles. The average Bonchev–Trinajstić information content (AvgIpc) is 2.95. The van der Waals surface area contributed by atoms with Gasteiger partial charge in [0.1, 0.15) is 11.7 Å². The number of benzene rings is 2. The average molecular weight is 319 g/mol. The smallest absolute Gasteiger partial charge is 0.326 e. The van der Waals surface area contributed by atoms with Crippen LogP contribution in [0.3, 0.4) is 0 Å².